The van der Waals surface area contributed by atoms with Crippen LogP contribution >= 0.6 is 0 Å². The first-order valence-electron chi connectivity index (χ1n) is 12.9. The number of hydrogen-bond acceptors (Lipinski definition) is 1. The van der Waals surface area contributed by atoms with Crippen LogP contribution in [0.2, 0.25) is 0 Å². The maximum Gasteiger partial charge on any atom is 0.432 e. The van der Waals surface area contributed by atoms with E-state index in [0.29, 0.717) is 24.1 Å². The Morgan fingerprint density at radius 3 is 1.59 bits per heavy atom. The van der Waals surface area contributed by atoms with Crippen LogP contribution in [0, 0.1) is 40.7 Å². The molecule has 0 N–H and O–H groups in total. The molecule has 13 heteroatoms. The van der Waals surface area contributed by atoms with Gasteiger partial charge in [-0.25, -0.2) is 30.7 Å². The van der Waals surface area contributed by atoms with E-state index in [0.717, 1.165) is 19.3 Å². The summed E-state index contributed by atoms with van der Waals surface area (Å²) in [6.45, 7) is 2.00. The minimum atomic E-state index is -5.53. The van der Waals surface area contributed by atoms with Gasteiger partial charge in [-0.05, 0) is 59.9 Å². The van der Waals surface area contributed by atoms with Gasteiger partial charge in [0.15, 0.2) is 0 Å². The molecule has 44 heavy (non-hydrogen) atoms. The zero-order valence-corrected chi connectivity index (χ0v) is 22.5. The lowest BCUT2D eigenvalue weighted by Crippen LogP contribution is -2.25. The fourth-order valence-electron chi connectivity index (χ4n) is 4.61. The van der Waals surface area contributed by atoms with Crippen molar-refractivity contribution < 1.29 is 57.4 Å². The molecule has 0 aliphatic rings. The van der Waals surface area contributed by atoms with Crippen molar-refractivity contribution in [1.82, 2.24) is 0 Å². The molecule has 0 amide bonds. The molecule has 4 aromatic rings. The highest BCUT2D eigenvalue weighted by molar-refractivity contribution is 5.72. The molecule has 0 bridgehead atoms. The van der Waals surface area contributed by atoms with Gasteiger partial charge in [0, 0.05) is 17.7 Å². The lowest BCUT2D eigenvalue weighted by atomic mass is 9.96. The molecule has 0 aliphatic heterocycles. The molecular weight excluding hydrogens is 616 g/mol. The summed E-state index contributed by atoms with van der Waals surface area (Å²) in [4.78, 5) is 0. The molecule has 0 spiro atoms. The molecule has 0 aromatic heterocycles. The van der Waals surface area contributed by atoms with E-state index < -0.39 is 81.0 Å². The average Bonchev–Trinajstić information content (AvgIpc) is 2.86. The molecule has 0 unspecified atom stereocenters. The van der Waals surface area contributed by atoms with E-state index in [4.69, 9.17) is 0 Å². The summed E-state index contributed by atoms with van der Waals surface area (Å²) >= 11 is 0. The van der Waals surface area contributed by atoms with Crippen molar-refractivity contribution in [1.29, 1.82) is 0 Å². The van der Waals surface area contributed by atoms with E-state index in [1.165, 1.54) is 12.1 Å². The third-order valence-corrected chi connectivity index (χ3v) is 6.62. The Balaban J connectivity index is 1.65. The zero-order valence-electron chi connectivity index (χ0n) is 22.5. The Kier molecular flexibility index (Phi) is 9.26. The minimum Gasteiger partial charge on any atom is -0.429 e. The molecule has 0 saturated carbocycles. The van der Waals surface area contributed by atoms with Gasteiger partial charge in [0.05, 0.1) is 5.56 Å². The van der Waals surface area contributed by atoms with Crippen LogP contribution in [-0.4, -0.2) is 0 Å². The average molecular weight is 636 g/mol. The van der Waals surface area contributed by atoms with Gasteiger partial charge in [0.2, 0.25) is 0 Å². The largest absolute Gasteiger partial charge is 0.432 e. The SMILES string of the molecule is CCCCCc1ccc(-c2cc(F)c(-c3cc(F)c(C(F)(F)Oc4cc(F)c(C(F)(F)F)c(F)c4)c(F)c3)c(F)c2)c(F)c1. The smallest absolute Gasteiger partial charge is 0.429 e. The lowest BCUT2D eigenvalue weighted by Gasteiger charge is -2.21. The van der Waals surface area contributed by atoms with Gasteiger partial charge in [-0.3, -0.25) is 0 Å². The first kappa shape index (κ1) is 32.7. The summed E-state index contributed by atoms with van der Waals surface area (Å²) in [7, 11) is 0. The molecular formula is C31H20F12O. The number of hydrogen-bond donors (Lipinski definition) is 0. The summed E-state index contributed by atoms with van der Waals surface area (Å²) < 4.78 is 173. The van der Waals surface area contributed by atoms with Crippen LogP contribution in [0.1, 0.15) is 42.9 Å². The van der Waals surface area contributed by atoms with Crippen LogP contribution in [-0.2, 0) is 18.7 Å². The predicted octanol–water partition coefficient (Wildman–Crippen LogP) is 10.9. The van der Waals surface area contributed by atoms with Crippen LogP contribution in [0.25, 0.3) is 22.3 Å². The molecule has 0 atom stereocenters. The van der Waals surface area contributed by atoms with Gasteiger partial charge in [0.1, 0.15) is 57.6 Å². The van der Waals surface area contributed by atoms with E-state index >= 15 is 8.78 Å². The topological polar surface area (TPSA) is 9.23 Å². The highest BCUT2D eigenvalue weighted by atomic mass is 19.4. The maximum absolute atomic E-state index is 15.0. The summed E-state index contributed by atoms with van der Waals surface area (Å²) in [5, 5.41) is 0. The Morgan fingerprint density at radius 1 is 0.568 bits per heavy atom. The predicted molar refractivity (Wildman–Crippen MR) is 136 cm³/mol. The lowest BCUT2D eigenvalue weighted by molar-refractivity contribution is -0.189. The van der Waals surface area contributed by atoms with Crippen molar-refractivity contribution in [2.24, 2.45) is 0 Å². The fraction of sp³-hybridized carbons (Fsp3) is 0.226. The summed E-state index contributed by atoms with van der Waals surface area (Å²) in [5.74, 6) is -14.1. The second kappa shape index (κ2) is 12.4. The molecule has 0 radical (unpaired) electrons. The summed E-state index contributed by atoms with van der Waals surface area (Å²) in [6.07, 6.45) is -7.33. The normalized spacial score (nSPS) is 12.1. The Morgan fingerprint density at radius 2 is 1.09 bits per heavy atom. The monoisotopic (exact) mass is 636 g/mol. The Labute approximate surface area is 242 Å². The number of aryl methyl sites for hydroxylation is 1. The van der Waals surface area contributed by atoms with Crippen LogP contribution in [0.3, 0.4) is 0 Å². The van der Waals surface area contributed by atoms with Gasteiger partial charge in [-0.2, -0.15) is 22.0 Å². The standard InChI is InChI=1S/C31H20F12O/c1-2-3-4-5-15-6-7-19(20(32)8-15)16-9-21(33)27(22(34)10-16)17-11-23(35)29(24(36)12-17)31(42,43)44-18-13-25(37)28(26(38)14-18)30(39,40)41/h6-14H,2-5H2,1H3. The number of ether oxygens (including phenoxy) is 1. The maximum atomic E-state index is 15.0. The van der Waals surface area contributed by atoms with Crippen molar-refractivity contribution in [2.45, 2.75) is 44.9 Å². The molecule has 234 valence electrons. The molecule has 1 nitrogen and oxygen atoms in total. The van der Waals surface area contributed by atoms with Crippen molar-refractivity contribution >= 4 is 0 Å². The summed E-state index contributed by atoms with van der Waals surface area (Å²) in [6, 6.07) is 5.19. The van der Waals surface area contributed by atoms with E-state index in [9.17, 15) is 43.9 Å². The van der Waals surface area contributed by atoms with Gasteiger partial charge in [0.25, 0.3) is 0 Å². The summed E-state index contributed by atoms with van der Waals surface area (Å²) in [5.41, 5.74) is -6.28. The van der Waals surface area contributed by atoms with Crippen molar-refractivity contribution in [3.8, 4) is 28.0 Å². The Hall–Kier alpha value is -4.16. The molecule has 0 heterocycles. The van der Waals surface area contributed by atoms with Crippen molar-refractivity contribution in [3.63, 3.8) is 0 Å². The minimum absolute atomic E-state index is 0.121. The second-order valence-corrected chi connectivity index (χ2v) is 9.78. The van der Waals surface area contributed by atoms with Gasteiger partial charge >= 0.3 is 12.3 Å². The van der Waals surface area contributed by atoms with Crippen molar-refractivity contribution in [2.75, 3.05) is 0 Å². The number of benzene rings is 4. The molecule has 4 aromatic carbocycles. The van der Waals surface area contributed by atoms with E-state index in [1.807, 2.05) is 6.92 Å². The highest BCUT2D eigenvalue weighted by Crippen LogP contribution is 2.41. The third kappa shape index (κ3) is 6.81. The highest BCUT2D eigenvalue weighted by Gasteiger charge is 2.43. The molecule has 0 aliphatic carbocycles. The number of unbranched alkanes of at least 4 members (excludes halogenated alkanes) is 2. The van der Waals surface area contributed by atoms with Crippen molar-refractivity contribution in [3.05, 3.63) is 112 Å². The molecule has 4 rings (SSSR count). The van der Waals surface area contributed by atoms with Crippen LogP contribution < -0.4 is 4.74 Å². The van der Waals surface area contributed by atoms with E-state index in [1.54, 1.807) is 6.07 Å². The molecule has 0 fully saturated rings. The first-order valence-corrected chi connectivity index (χ1v) is 12.9. The van der Waals surface area contributed by atoms with Gasteiger partial charge in [-0.1, -0.05) is 31.9 Å². The first-order chi connectivity index (χ1) is 20.5. The third-order valence-electron chi connectivity index (χ3n) is 6.62. The van der Waals surface area contributed by atoms with Gasteiger partial charge < -0.3 is 4.74 Å². The fourth-order valence-corrected chi connectivity index (χ4v) is 4.61. The van der Waals surface area contributed by atoms with E-state index in [-0.39, 0.29) is 35.4 Å². The molecule has 0 saturated heterocycles. The Bertz CT molecular complexity index is 1630. The van der Waals surface area contributed by atoms with Crippen LogP contribution in [0.5, 0.6) is 5.75 Å². The zero-order chi connectivity index (χ0) is 32.6. The number of alkyl halides is 5. The van der Waals surface area contributed by atoms with Gasteiger partial charge in [-0.15, -0.1) is 0 Å². The second-order valence-electron chi connectivity index (χ2n) is 9.78. The van der Waals surface area contributed by atoms with E-state index in [2.05, 4.69) is 4.74 Å². The quantitative estimate of drug-likeness (QED) is 0.131. The van der Waals surface area contributed by atoms with Crippen LogP contribution in [0.4, 0.5) is 52.7 Å². The number of rotatable bonds is 9. The number of halogens is 12. The van der Waals surface area contributed by atoms with Crippen LogP contribution in [0.15, 0.2) is 54.6 Å².